The molecule has 0 amide bonds. The van der Waals surface area contributed by atoms with Crippen molar-refractivity contribution in [2.24, 2.45) is 23.5 Å². The maximum absolute atomic E-state index is 13.0. The summed E-state index contributed by atoms with van der Waals surface area (Å²) in [5.74, 6) is 1.60. The van der Waals surface area contributed by atoms with E-state index < -0.39 is 0 Å². The van der Waals surface area contributed by atoms with E-state index >= 15 is 0 Å². The van der Waals surface area contributed by atoms with Gasteiger partial charge in [-0.05, 0) is 44.9 Å². The standard InChI is InChI=1S/C15H23N3O2/c1-8(2)18-14(11(20-3)7-17-18)15(19)12-9-4-5-10(6-9)13(12)16/h7-10,12-13H,4-6,16H2,1-3H3. The number of ether oxygens (including phenoxy) is 1. The van der Waals surface area contributed by atoms with Crippen LogP contribution in [0.4, 0.5) is 0 Å². The largest absolute Gasteiger partial charge is 0.493 e. The third-order valence-electron chi connectivity index (χ3n) is 4.99. The van der Waals surface area contributed by atoms with E-state index in [1.807, 2.05) is 13.8 Å². The number of hydrogen-bond donors (Lipinski definition) is 1. The van der Waals surface area contributed by atoms with E-state index in [1.54, 1.807) is 18.0 Å². The minimum absolute atomic E-state index is 0.00136. The van der Waals surface area contributed by atoms with Gasteiger partial charge >= 0.3 is 0 Å². The molecule has 2 aliphatic carbocycles. The van der Waals surface area contributed by atoms with E-state index in [9.17, 15) is 4.79 Å². The van der Waals surface area contributed by atoms with Crippen molar-refractivity contribution >= 4 is 5.78 Å². The van der Waals surface area contributed by atoms with E-state index in [2.05, 4.69) is 5.10 Å². The van der Waals surface area contributed by atoms with Gasteiger partial charge in [-0.25, -0.2) is 0 Å². The first kappa shape index (κ1) is 13.6. The van der Waals surface area contributed by atoms with Crippen LogP contribution in [0.15, 0.2) is 6.20 Å². The number of nitrogens with two attached hydrogens (primary N) is 1. The number of fused-ring (bicyclic) bond motifs is 2. The van der Waals surface area contributed by atoms with Crippen LogP contribution < -0.4 is 10.5 Å². The number of carbonyl (C=O) groups excluding carboxylic acids is 1. The Bertz CT molecular complexity index is 521. The third kappa shape index (κ3) is 1.87. The molecule has 4 unspecified atom stereocenters. The van der Waals surface area contributed by atoms with Gasteiger partial charge < -0.3 is 10.5 Å². The second-order valence-corrected chi connectivity index (χ2v) is 6.40. The van der Waals surface area contributed by atoms with Crippen LogP contribution in [0.2, 0.25) is 0 Å². The molecule has 3 rings (SSSR count). The molecule has 2 bridgehead atoms. The number of ketones is 1. The van der Waals surface area contributed by atoms with Gasteiger partial charge in [0.1, 0.15) is 5.69 Å². The molecule has 2 fully saturated rings. The Hall–Kier alpha value is -1.36. The molecule has 110 valence electrons. The molecule has 1 aromatic heterocycles. The normalized spacial score (nSPS) is 32.0. The van der Waals surface area contributed by atoms with Crippen LogP contribution in [-0.4, -0.2) is 28.7 Å². The predicted octanol–water partition coefficient (Wildman–Crippen LogP) is 2.03. The van der Waals surface area contributed by atoms with E-state index in [1.165, 1.54) is 6.42 Å². The SMILES string of the molecule is COc1cnn(C(C)C)c1C(=O)C1C2CCC(C2)C1N. The van der Waals surface area contributed by atoms with Gasteiger partial charge in [-0.3, -0.25) is 9.48 Å². The van der Waals surface area contributed by atoms with Crippen molar-refractivity contribution in [1.82, 2.24) is 9.78 Å². The quantitative estimate of drug-likeness (QED) is 0.855. The Morgan fingerprint density at radius 3 is 2.70 bits per heavy atom. The molecule has 2 saturated carbocycles. The fourth-order valence-corrected chi connectivity index (χ4v) is 4.00. The topological polar surface area (TPSA) is 70.1 Å². The number of Topliss-reactive ketones (excluding diaryl/α,β-unsaturated/α-hetero) is 1. The molecular weight excluding hydrogens is 254 g/mol. The monoisotopic (exact) mass is 277 g/mol. The zero-order valence-electron chi connectivity index (χ0n) is 12.4. The van der Waals surface area contributed by atoms with Gasteiger partial charge in [0.25, 0.3) is 0 Å². The smallest absolute Gasteiger partial charge is 0.189 e. The molecule has 0 radical (unpaired) electrons. The Balaban J connectivity index is 1.96. The highest BCUT2D eigenvalue weighted by molar-refractivity contribution is 5.99. The Morgan fingerprint density at radius 2 is 2.15 bits per heavy atom. The lowest BCUT2D eigenvalue weighted by Gasteiger charge is -2.27. The summed E-state index contributed by atoms with van der Waals surface area (Å²) in [4.78, 5) is 13.0. The minimum atomic E-state index is -0.0585. The van der Waals surface area contributed by atoms with Crippen molar-refractivity contribution in [1.29, 1.82) is 0 Å². The maximum Gasteiger partial charge on any atom is 0.189 e. The molecule has 1 heterocycles. The van der Waals surface area contributed by atoms with Crippen LogP contribution in [0.3, 0.4) is 0 Å². The number of hydrogen-bond acceptors (Lipinski definition) is 4. The summed E-state index contributed by atoms with van der Waals surface area (Å²) in [6.45, 7) is 4.04. The first-order valence-electron chi connectivity index (χ1n) is 7.45. The van der Waals surface area contributed by atoms with Gasteiger partial charge in [0.2, 0.25) is 0 Å². The van der Waals surface area contributed by atoms with Crippen molar-refractivity contribution in [2.75, 3.05) is 7.11 Å². The van der Waals surface area contributed by atoms with Crippen LogP contribution in [0.5, 0.6) is 5.75 Å². The summed E-state index contributed by atoms with van der Waals surface area (Å²) >= 11 is 0. The molecule has 5 heteroatoms. The van der Waals surface area contributed by atoms with Gasteiger partial charge in [0.15, 0.2) is 11.5 Å². The lowest BCUT2D eigenvalue weighted by molar-refractivity contribution is 0.0839. The maximum atomic E-state index is 13.0. The molecule has 0 saturated heterocycles. The highest BCUT2D eigenvalue weighted by atomic mass is 16.5. The van der Waals surface area contributed by atoms with Crippen molar-refractivity contribution in [3.05, 3.63) is 11.9 Å². The highest BCUT2D eigenvalue weighted by Crippen LogP contribution is 2.49. The molecule has 5 nitrogen and oxygen atoms in total. The molecule has 20 heavy (non-hydrogen) atoms. The molecule has 0 aromatic carbocycles. The average molecular weight is 277 g/mol. The number of aromatic nitrogens is 2. The van der Waals surface area contributed by atoms with E-state index in [0.29, 0.717) is 23.3 Å². The Labute approximate surface area is 119 Å². The fourth-order valence-electron chi connectivity index (χ4n) is 4.00. The van der Waals surface area contributed by atoms with Gasteiger partial charge in [-0.15, -0.1) is 0 Å². The summed E-state index contributed by atoms with van der Waals surface area (Å²) < 4.78 is 7.09. The minimum Gasteiger partial charge on any atom is -0.493 e. The van der Waals surface area contributed by atoms with Crippen molar-refractivity contribution in [3.8, 4) is 5.75 Å². The lowest BCUT2D eigenvalue weighted by atomic mass is 9.81. The van der Waals surface area contributed by atoms with Crippen molar-refractivity contribution in [3.63, 3.8) is 0 Å². The summed E-state index contributed by atoms with van der Waals surface area (Å²) in [6, 6.07) is 0.133. The summed E-state index contributed by atoms with van der Waals surface area (Å²) in [7, 11) is 1.58. The van der Waals surface area contributed by atoms with E-state index in [4.69, 9.17) is 10.5 Å². The lowest BCUT2D eigenvalue weighted by Crippen LogP contribution is -2.41. The highest BCUT2D eigenvalue weighted by Gasteiger charge is 2.50. The summed E-state index contributed by atoms with van der Waals surface area (Å²) in [5, 5.41) is 4.30. The Morgan fingerprint density at radius 1 is 1.45 bits per heavy atom. The third-order valence-corrected chi connectivity index (χ3v) is 4.99. The van der Waals surface area contributed by atoms with Crippen LogP contribution in [0, 0.1) is 17.8 Å². The first-order chi connectivity index (χ1) is 9.54. The molecule has 2 N–H and O–H groups in total. The van der Waals surface area contributed by atoms with Gasteiger partial charge in [-0.1, -0.05) is 0 Å². The molecular formula is C15H23N3O2. The van der Waals surface area contributed by atoms with Crippen LogP contribution in [0.25, 0.3) is 0 Å². The molecule has 1 aromatic rings. The van der Waals surface area contributed by atoms with Crippen LogP contribution >= 0.6 is 0 Å². The first-order valence-corrected chi connectivity index (χ1v) is 7.45. The summed E-state index contributed by atoms with van der Waals surface area (Å²) in [5.41, 5.74) is 6.89. The van der Waals surface area contributed by atoms with Crippen LogP contribution in [-0.2, 0) is 0 Å². The van der Waals surface area contributed by atoms with Gasteiger partial charge in [0.05, 0.1) is 13.3 Å². The second-order valence-electron chi connectivity index (χ2n) is 6.40. The van der Waals surface area contributed by atoms with Crippen LogP contribution in [0.1, 0.15) is 49.6 Å². The van der Waals surface area contributed by atoms with Crippen molar-refractivity contribution in [2.45, 2.75) is 45.2 Å². The molecule has 2 aliphatic rings. The van der Waals surface area contributed by atoms with Crippen molar-refractivity contribution < 1.29 is 9.53 Å². The van der Waals surface area contributed by atoms with E-state index in [0.717, 1.165) is 12.8 Å². The number of nitrogens with zero attached hydrogens (tertiary/aromatic N) is 2. The van der Waals surface area contributed by atoms with E-state index in [-0.39, 0.29) is 23.8 Å². The second kappa shape index (κ2) is 4.88. The summed E-state index contributed by atoms with van der Waals surface area (Å²) in [6.07, 6.45) is 5.05. The molecule has 4 atom stereocenters. The number of rotatable bonds is 4. The molecule has 0 spiro atoms. The number of methoxy groups -OCH3 is 1. The van der Waals surface area contributed by atoms with Gasteiger partial charge in [0, 0.05) is 18.0 Å². The zero-order valence-corrected chi connectivity index (χ0v) is 12.4. The Kier molecular flexibility index (Phi) is 3.32. The molecule has 0 aliphatic heterocycles. The predicted molar refractivity (Wildman–Crippen MR) is 75.8 cm³/mol. The number of carbonyl (C=O) groups is 1. The zero-order chi connectivity index (χ0) is 14.4. The average Bonchev–Trinajstić information content (AvgIpc) is 3.10. The van der Waals surface area contributed by atoms with Gasteiger partial charge in [-0.2, -0.15) is 5.10 Å². The fraction of sp³-hybridized carbons (Fsp3) is 0.733.